The van der Waals surface area contributed by atoms with E-state index in [1.165, 1.54) is 11.1 Å². The molecule has 0 aliphatic rings. The van der Waals surface area contributed by atoms with Crippen molar-refractivity contribution in [1.29, 1.82) is 0 Å². The first-order valence-corrected chi connectivity index (χ1v) is 9.10. The molecule has 0 aromatic heterocycles. The van der Waals surface area contributed by atoms with Crippen molar-refractivity contribution in [3.05, 3.63) is 64.6 Å². The van der Waals surface area contributed by atoms with Gasteiger partial charge in [0, 0.05) is 11.3 Å². The van der Waals surface area contributed by atoms with Crippen molar-refractivity contribution in [2.24, 2.45) is 0 Å². The van der Waals surface area contributed by atoms with Gasteiger partial charge in [-0.2, -0.15) is 0 Å². The molecule has 1 aromatic carbocycles. The second kappa shape index (κ2) is 8.74. The molecule has 0 atom stereocenters. The first kappa shape index (κ1) is 18.4. The molecule has 0 radical (unpaired) electrons. The molecule has 22 heavy (non-hydrogen) atoms. The van der Waals surface area contributed by atoms with Crippen molar-refractivity contribution in [2.75, 3.05) is 0 Å². The van der Waals surface area contributed by atoms with Crippen LogP contribution >= 0.6 is 0 Å². The van der Waals surface area contributed by atoms with Crippen molar-refractivity contribution >= 4 is 9.84 Å². The smallest absolute Gasteiger partial charge is 0.202 e. The van der Waals surface area contributed by atoms with Crippen LogP contribution in [0.1, 0.15) is 47.0 Å². The van der Waals surface area contributed by atoms with Crippen LogP contribution in [0, 0.1) is 0 Å². The van der Waals surface area contributed by atoms with Gasteiger partial charge in [0.2, 0.25) is 9.84 Å². The number of rotatable bonds is 7. The summed E-state index contributed by atoms with van der Waals surface area (Å²) in [7, 11) is -3.38. The van der Waals surface area contributed by atoms with Gasteiger partial charge in [-0.3, -0.25) is 0 Å². The summed E-state index contributed by atoms with van der Waals surface area (Å²) in [6.45, 7) is 8.01. The van der Waals surface area contributed by atoms with E-state index in [4.69, 9.17) is 0 Å². The first-order valence-electron chi connectivity index (χ1n) is 7.62. The topological polar surface area (TPSA) is 34.1 Å². The van der Waals surface area contributed by atoms with Gasteiger partial charge in [0.15, 0.2) is 0 Å². The molecule has 0 aliphatic heterocycles. The lowest BCUT2D eigenvalue weighted by atomic mass is 10.1. The summed E-state index contributed by atoms with van der Waals surface area (Å²) in [6, 6.07) is 8.61. The lowest BCUT2D eigenvalue weighted by Crippen LogP contribution is -2.04. The maximum Gasteiger partial charge on any atom is 0.202 e. The number of allylic oxidation sites excluding steroid dienone is 6. The number of benzene rings is 1. The van der Waals surface area contributed by atoms with E-state index in [0.29, 0.717) is 16.2 Å². The van der Waals surface area contributed by atoms with Gasteiger partial charge < -0.3 is 0 Å². The van der Waals surface area contributed by atoms with Crippen LogP contribution < -0.4 is 0 Å². The minimum absolute atomic E-state index is 0.360. The van der Waals surface area contributed by atoms with Crippen molar-refractivity contribution < 1.29 is 8.42 Å². The Morgan fingerprint density at radius 2 is 1.68 bits per heavy atom. The molecule has 0 saturated carbocycles. The highest BCUT2D eigenvalue weighted by atomic mass is 32.2. The van der Waals surface area contributed by atoms with Crippen LogP contribution in [0.3, 0.4) is 0 Å². The molecule has 0 fully saturated rings. The van der Waals surface area contributed by atoms with Gasteiger partial charge in [-0.25, -0.2) is 8.42 Å². The van der Waals surface area contributed by atoms with Crippen molar-refractivity contribution in [3.8, 4) is 0 Å². The largest absolute Gasteiger partial charge is 0.219 e. The Morgan fingerprint density at radius 3 is 2.23 bits per heavy atom. The van der Waals surface area contributed by atoms with E-state index in [0.717, 1.165) is 12.8 Å². The van der Waals surface area contributed by atoms with E-state index in [-0.39, 0.29) is 0 Å². The second-order valence-electron chi connectivity index (χ2n) is 5.65. The number of hydrogen-bond donors (Lipinski definition) is 0. The molecule has 0 heterocycles. The van der Waals surface area contributed by atoms with Crippen LogP contribution in [-0.4, -0.2) is 8.42 Å². The molecular weight excluding hydrogens is 292 g/mol. The van der Waals surface area contributed by atoms with E-state index < -0.39 is 9.84 Å². The fourth-order valence-electron chi connectivity index (χ4n) is 2.10. The SMILES string of the molecule is C/C=C(/C/C=C(\C)CCC=C(C)C)S(=O)(=O)c1ccccc1. The van der Waals surface area contributed by atoms with Crippen molar-refractivity contribution in [2.45, 2.75) is 51.9 Å². The minimum Gasteiger partial charge on any atom is -0.219 e. The molecule has 1 aromatic rings. The van der Waals surface area contributed by atoms with Crippen LogP contribution in [0.25, 0.3) is 0 Å². The lowest BCUT2D eigenvalue weighted by molar-refractivity contribution is 0.601. The van der Waals surface area contributed by atoms with Crippen molar-refractivity contribution in [1.82, 2.24) is 0 Å². The minimum atomic E-state index is -3.38. The standard InChI is InChI=1S/C19H26O2S/c1-5-18(15-14-17(4)11-9-10-16(2)3)22(20,21)19-12-7-6-8-13-19/h5-8,10,12-14H,9,11,15H2,1-4H3/b17-14+,18-5-. The van der Waals surface area contributed by atoms with Gasteiger partial charge in [0.1, 0.15) is 0 Å². The summed E-state index contributed by atoms with van der Waals surface area (Å²) in [5.41, 5.74) is 2.54. The zero-order valence-electron chi connectivity index (χ0n) is 14.0. The third-order valence-corrected chi connectivity index (χ3v) is 5.45. The Balaban J connectivity index is 2.80. The zero-order valence-corrected chi connectivity index (χ0v) is 14.8. The molecule has 0 saturated heterocycles. The van der Waals surface area contributed by atoms with Crippen LogP contribution in [0.15, 0.2) is 69.5 Å². The molecule has 2 nitrogen and oxygen atoms in total. The summed E-state index contributed by atoms with van der Waals surface area (Å²) in [5, 5.41) is 0. The molecule has 0 aliphatic carbocycles. The Morgan fingerprint density at radius 1 is 1.05 bits per heavy atom. The zero-order chi connectivity index (χ0) is 16.6. The predicted octanol–water partition coefficient (Wildman–Crippen LogP) is 5.45. The highest BCUT2D eigenvalue weighted by Crippen LogP contribution is 2.23. The summed E-state index contributed by atoms with van der Waals surface area (Å²) in [5.74, 6) is 0. The van der Waals surface area contributed by atoms with Crippen LogP contribution in [0.2, 0.25) is 0 Å². The van der Waals surface area contributed by atoms with Crippen molar-refractivity contribution in [3.63, 3.8) is 0 Å². The van der Waals surface area contributed by atoms with E-state index in [2.05, 4.69) is 26.8 Å². The lowest BCUT2D eigenvalue weighted by Gasteiger charge is -2.08. The fraction of sp³-hybridized carbons (Fsp3) is 0.368. The predicted molar refractivity (Wildman–Crippen MR) is 94.4 cm³/mol. The van der Waals surface area contributed by atoms with Gasteiger partial charge in [0.05, 0.1) is 4.90 Å². The summed E-state index contributed by atoms with van der Waals surface area (Å²) in [6.07, 6.45) is 8.34. The quantitative estimate of drug-likeness (QED) is 0.627. The van der Waals surface area contributed by atoms with Crippen LogP contribution in [0.5, 0.6) is 0 Å². The van der Waals surface area contributed by atoms with Gasteiger partial charge in [-0.15, -0.1) is 0 Å². The maximum absolute atomic E-state index is 12.6. The molecular formula is C19H26O2S. The van der Waals surface area contributed by atoms with Gasteiger partial charge in [-0.05, 0) is 52.7 Å². The third-order valence-electron chi connectivity index (χ3n) is 3.46. The van der Waals surface area contributed by atoms with E-state index in [1.54, 1.807) is 37.3 Å². The number of sulfone groups is 1. The average molecular weight is 318 g/mol. The van der Waals surface area contributed by atoms with Crippen LogP contribution in [0.4, 0.5) is 0 Å². The Labute approximate surface area is 135 Å². The monoisotopic (exact) mass is 318 g/mol. The van der Waals surface area contributed by atoms with Gasteiger partial charge in [0.25, 0.3) is 0 Å². The summed E-state index contributed by atoms with van der Waals surface area (Å²) in [4.78, 5) is 0.818. The third kappa shape index (κ3) is 5.64. The Kier molecular flexibility index (Phi) is 7.33. The van der Waals surface area contributed by atoms with E-state index in [9.17, 15) is 8.42 Å². The molecule has 0 amide bonds. The summed E-state index contributed by atoms with van der Waals surface area (Å²) >= 11 is 0. The van der Waals surface area contributed by atoms with Crippen LogP contribution in [-0.2, 0) is 9.84 Å². The Bertz CT molecular complexity index is 659. The van der Waals surface area contributed by atoms with E-state index >= 15 is 0 Å². The second-order valence-corrected chi connectivity index (χ2v) is 7.65. The normalized spacial score (nSPS) is 13.1. The number of hydrogen-bond acceptors (Lipinski definition) is 2. The highest BCUT2D eigenvalue weighted by Gasteiger charge is 2.18. The molecule has 0 unspecified atom stereocenters. The van der Waals surface area contributed by atoms with Gasteiger partial charge >= 0.3 is 0 Å². The molecule has 0 N–H and O–H groups in total. The molecule has 120 valence electrons. The first-order chi connectivity index (χ1) is 10.4. The highest BCUT2D eigenvalue weighted by molar-refractivity contribution is 7.95. The molecule has 0 spiro atoms. The van der Waals surface area contributed by atoms with Gasteiger partial charge in [-0.1, -0.05) is 47.6 Å². The Hall–Kier alpha value is -1.61. The molecule has 0 bridgehead atoms. The summed E-state index contributed by atoms with van der Waals surface area (Å²) < 4.78 is 25.1. The van der Waals surface area contributed by atoms with E-state index in [1.807, 2.05) is 12.1 Å². The average Bonchev–Trinajstić information content (AvgIpc) is 2.48. The fourth-order valence-corrected chi connectivity index (χ4v) is 3.53. The molecule has 1 rings (SSSR count). The maximum atomic E-state index is 12.6. The molecule has 3 heteroatoms.